The molecule has 7 rings (SSSR count). The monoisotopic (exact) mass is 407 g/mol. The molecule has 0 spiro atoms. The quantitative estimate of drug-likeness (QED) is 0.227. The zero-order valence-electron chi connectivity index (χ0n) is 16.9. The van der Waals surface area contributed by atoms with E-state index in [9.17, 15) is 0 Å². The molecule has 2 radical (unpaired) electrons. The van der Waals surface area contributed by atoms with Crippen molar-refractivity contribution in [2.75, 3.05) is 0 Å². The van der Waals surface area contributed by atoms with Crippen LogP contribution >= 0.6 is 0 Å². The third-order valence-corrected chi connectivity index (χ3v) is 6.01. The molecule has 0 aliphatic heterocycles. The molecule has 5 aromatic carbocycles. The summed E-state index contributed by atoms with van der Waals surface area (Å²) in [6, 6.07) is 28.2. The van der Waals surface area contributed by atoms with E-state index >= 15 is 0 Å². The van der Waals surface area contributed by atoms with E-state index in [1.807, 2.05) is 65.3 Å². The van der Waals surface area contributed by atoms with Crippen molar-refractivity contribution in [3.8, 4) is 5.69 Å². The average Bonchev–Trinajstić information content (AvgIpc) is 3.27. The maximum absolute atomic E-state index is 6.15. The molecule has 6 heteroatoms. The van der Waals surface area contributed by atoms with Gasteiger partial charge >= 0.3 is 0 Å². The molecule has 0 bridgehead atoms. The zero-order valence-corrected chi connectivity index (χ0v) is 16.9. The van der Waals surface area contributed by atoms with Crippen molar-refractivity contribution in [3.05, 3.63) is 84.9 Å². The van der Waals surface area contributed by atoms with Gasteiger partial charge in [0.2, 0.25) is 0 Å². The summed E-state index contributed by atoms with van der Waals surface area (Å²) in [4.78, 5) is 10.0. The number of rotatable bonds is 1. The van der Waals surface area contributed by atoms with E-state index in [-0.39, 0.29) is 0 Å². The maximum atomic E-state index is 6.15. The van der Waals surface area contributed by atoms with Gasteiger partial charge in [-0.1, -0.05) is 59.2 Å². The number of hydrogen-bond acceptors (Lipinski definition) is 4. The Labute approximate surface area is 183 Å². The second-order valence-electron chi connectivity index (χ2n) is 7.93. The fourth-order valence-electron chi connectivity index (χ4n) is 4.52. The van der Waals surface area contributed by atoms with Crippen LogP contribution in [0.1, 0.15) is 0 Å². The first-order valence-corrected chi connectivity index (χ1v) is 10.4. The Kier molecular flexibility index (Phi) is 3.44. The molecule has 0 atom stereocenters. The van der Waals surface area contributed by atoms with Crippen LogP contribution in [0.15, 0.2) is 84.9 Å². The molecular formula is C26H14BN5. The van der Waals surface area contributed by atoms with Gasteiger partial charge in [-0.05, 0) is 47.2 Å². The van der Waals surface area contributed by atoms with Crippen LogP contribution in [-0.2, 0) is 0 Å². The summed E-state index contributed by atoms with van der Waals surface area (Å²) in [6.07, 6.45) is 0. The number of fused-ring (bicyclic) bond motifs is 8. The molecule has 32 heavy (non-hydrogen) atoms. The Bertz CT molecular complexity index is 1850. The van der Waals surface area contributed by atoms with Crippen molar-refractivity contribution in [2.45, 2.75) is 0 Å². The average molecular weight is 407 g/mol. The number of aromatic nitrogens is 5. The molecule has 0 aliphatic rings. The summed E-state index contributed by atoms with van der Waals surface area (Å²) in [5.41, 5.74) is 6.87. The minimum absolute atomic E-state index is 0.707. The normalized spacial score (nSPS) is 11.9. The molecule has 0 unspecified atom stereocenters. The van der Waals surface area contributed by atoms with Gasteiger partial charge in [-0.15, -0.1) is 5.10 Å². The Balaban J connectivity index is 1.65. The third kappa shape index (κ3) is 2.40. The molecule has 0 N–H and O–H groups in total. The largest absolute Gasteiger partial charge is 0.244 e. The van der Waals surface area contributed by atoms with E-state index in [0.29, 0.717) is 5.46 Å². The summed E-state index contributed by atoms with van der Waals surface area (Å²) < 4.78 is 1.86. The lowest BCUT2D eigenvalue weighted by molar-refractivity contribution is 0.825. The molecule has 0 saturated carbocycles. The maximum Gasteiger partial charge on any atom is 0.113 e. The van der Waals surface area contributed by atoms with Gasteiger partial charge in [-0.2, -0.15) is 0 Å². The highest BCUT2D eigenvalue weighted by Gasteiger charge is 2.14. The van der Waals surface area contributed by atoms with Crippen LogP contribution in [0.3, 0.4) is 0 Å². The minimum atomic E-state index is 0.707. The fourth-order valence-corrected chi connectivity index (χ4v) is 4.52. The van der Waals surface area contributed by atoms with E-state index in [1.165, 1.54) is 0 Å². The Hall–Kier alpha value is -4.32. The van der Waals surface area contributed by atoms with E-state index < -0.39 is 0 Å². The Morgan fingerprint density at radius 3 is 1.97 bits per heavy atom. The second kappa shape index (κ2) is 6.34. The Morgan fingerprint density at radius 1 is 0.594 bits per heavy atom. The number of nitrogens with zero attached hydrogens (tertiary/aromatic N) is 5. The van der Waals surface area contributed by atoms with Crippen molar-refractivity contribution in [1.82, 2.24) is 25.0 Å². The highest BCUT2D eigenvalue weighted by molar-refractivity contribution is 6.35. The molecule has 0 amide bonds. The van der Waals surface area contributed by atoms with Crippen molar-refractivity contribution < 1.29 is 0 Å². The van der Waals surface area contributed by atoms with E-state index in [4.69, 9.17) is 17.8 Å². The van der Waals surface area contributed by atoms with E-state index in [0.717, 1.165) is 60.3 Å². The van der Waals surface area contributed by atoms with Gasteiger partial charge in [0.1, 0.15) is 13.4 Å². The summed E-state index contributed by atoms with van der Waals surface area (Å²) in [6.45, 7) is 0. The lowest BCUT2D eigenvalue weighted by atomic mass is 9.90. The standard InChI is InChI=1S/C26H14BN5/c27-15-9-11-17-18-12-10-16(32-24-8-4-3-7-23(24)30-31-32)14-20(18)26-25(19(17)13-15)28-21-5-1-2-6-22(21)29-26/h1-14H. The first kappa shape index (κ1) is 17.4. The van der Waals surface area contributed by atoms with Gasteiger partial charge in [-0.25, -0.2) is 14.6 Å². The number of benzene rings is 5. The first-order valence-electron chi connectivity index (χ1n) is 10.4. The molecule has 0 saturated heterocycles. The van der Waals surface area contributed by atoms with Crippen molar-refractivity contribution in [2.24, 2.45) is 0 Å². The van der Waals surface area contributed by atoms with Gasteiger partial charge in [-0.3, -0.25) is 0 Å². The predicted molar refractivity (Wildman–Crippen MR) is 130 cm³/mol. The fraction of sp³-hybridized carbons (Fsp3) is 0. The zero-order chi connectivity index (χ0) is 21.2. The summed E-state index contributed by atoms with van der Waals surface area (Å²) >= 11 is 0. The lowest BCUT2D eigenvalue weighted by Gasteiger charge is -2.12. The van der Waals surface area contributed by atoms with Crippen LogP contribution in [0.5, 0.6) is 0 Å². The SMILES string of the molecule is [B]c1ccc2c3ccc(-n4nnc5ccccc54)cc3c3nc4ccccc4nc3c2c1. The third-order valence-electron chi connectivity index (χ3n) is 6.01. The highest BCUT2D eigenvalue weighted by atomic mass is 15.4. The highest BCUT2D eigenvalue weighted by Crippen LogP contribution is 2.35. The molecule has 2 aromatic heterocycles. The minimum Gasteiger partial charge on any atom is -0.244 e. The molecular weight excluding hydrogens is 393 g/mol. The first-order chi connectivity index (χ1) is 15.8. The smallest absolute Gasteiger partial charge is 0.113 e. The van der Waals surface area contributed by atoms with Crippen LogP contribution in [-0.4, -0.2) is 32.8 Å². The van der Waals surface area contributed by atoms with E-state index in [2.05, 4.69) is 34.6 Å². The van der Waals surface area contributed by atoms with Gasteiger partial charge in [0, 0.05) is 10.8 Å². The molecule has 7 aromatic rings. The van der Waals surface area contributed by atoms with Crippen LogP contribution in [0, 0.1) is 0 Å². The van der Waals surface area contributed by atoms with Gasteiger partial charge in [0.05, 0.1) is 33.3 Å². The number of para-hydroxylation sites is 3. The number of hydrogen-bond donors (Lipinski definition) is 0. The predicted octanol–water partition coefficient (Wildman–Crippen LogP) is 4.62. The topological polar surface area (TPSA) is 56.5 Å². The summed E-state index contributed by atoms with van der Waals surface area (Å²) in [5, 5.41) is 12.9. The molecule has 5 nitrogen and oxygen atoms in total. The Morgan fingerprint density at radius 2 is 1.22 bits per heavy atom. The summed E-state index contributed by atoms with van der Waals surface area (Å²) in [5.74, 6) is 0. The van der Waals surface area contributed by atoms with Crippen LogP contribution in [0.4, 0.5) is 0 Å². The van der Waals surface area contributed by atoms with Gasteiger partial charge in [0.25, 0.3) is 0 Å². The van der Waals surface area contributed by atoms with Crippen LogP contribution in [0.25, 0.3) is 60.3 Å². The van der Waals surface area contributed by atoms with Crippen molar-refractivity contribution >= 4 is 68.0 Å². The molecule has 0 fully saturated rings. The second-order valence-corrected chi connectivity index (χ2v) is 7.93. The summed E-state index contributed by atoms with van der Waals surface area (Å²) in [7, 11) is 6.15. The molecule has 0 aliphatic carbocycles. The van der Waals surface area contributed by atoms with Crippen molar-refractivity contribution in [3.63, 3.8) is 0 Å². The van der Waals surface area contributed by atoms with E-state index in [1.54, 1.807) is 0 Å². The lowest BCUT2D eigenvalue weighted by Crippen LogP contribution is -2.02. The van der Waals surface area contributed by atoms with Crippen LogP contribution < -0.4 is 5.46 Å². The molecule has 146 valence electrons. The van der Waals surface area contributed by atoms with Gasteiger partial charge in [0.15, 0.2) is 0 Å². The molecule has 2 heterocycles. The van der Waals surface area contributed by atoms with Crippen LogP contribution in [0.2, 0.25) is 0 Å². The van der Waals surface area contributed by atoms with Gasteiger partial charge < -0.3 is 0 Å². The van der Waals surface area contributed by atoms with Crippen molar-refractivity contribution in [1.29, 1.82) is 0 Å².